The first-order chi connectivity index (χ1) is 14.0. The smallest absolute Gasteiger partial charge is 0.273 e. The van der Waals surface area contributed by atoms with E-state index in [9.17, 15) is 4.79 Å². The summed E-state index contributed by atoms with van der Waals surface area (Å²) in [4.78, 5) is 17.5. The van der Waals surface area contributed by atoms with Crippen LogP contribution in [0.3, 0.4) is 0 Å². The second-order valence-electron chi connectivity index (χ2n) is 6.83. The number of hydrogen-bond acceptors (Lipinski definition) is 5. The monoisotopic (exact) mass is 398 g/mol. The number of benzene rings is 2. The number of hydrogen-bond donors (Lipinski definition) is 1. The van der Waals surface area contributed by atoms with E-state index in [2.05, 4.69) is 17.4 Å². The number of nitrogens with zero attached hydrogens (tertiary/aromatic N) is 1. The van der Waals surface area contributed by atoms with Gasteiger partial charge >= 0.3 is 0 Å². The highest BCUT2D eigenvalue weighted by Gasteiger charge is 2.15. The molecule has 2 aromatic rings. The first-order valence-corrected chi connectivity index (χ1v) is 9.80. The van der Waals surface area contributed by atoms with E-state index in [1.807, 2.05) is 56.3 Å². The van der Waals surface area contributed by atoms with E-state index in [4.69, 9.17) is 14.3 Å². The van der Waals surface area contributed by atoms with Crippen molar-refractivity contribution >= 4 is 11.6 Å². The normalized spacial score (nSPS) is 11.3. The molecule has 0 aliphatic heterocycles. The number of carbonyl (C=O) groups excluding carboxylic acids is 1. The van der Waals surface area contributed by atoms with Crippen molar-refractivity contribution in [2.75, 3.05) is 20.8 Å². The molecule has 0 saturated heterocycles. The maximum absolute atomic E-state index is 12.6. The first-order valence-electron chi connectivity index (χ1n) is 9.80. The Morgan fingerprint density at radius 3 is 2.31 bits per heavy atom. The van der Waals surface area contributed by atoms with Crippen molar-refractivity contribution in [3.8, 4) is 11.5 Å². The van der Waals surface area contributed by atoms with Gasteiger partial charge in [0.1, 0.15) is 7.11 Å². The standard InChI is InChI=1S/C23H30N2O4/c1-6-17-7-10-19(11-8-17)22(25-28-5)23(26)24-14-13-18-9-12-20(29-16(2)3)21(15-18)27-4/h7-12,15-16H,6,13-14H2,1-5H3,(H,24,26). The minimum Gasteiger partial charge on any atom is -0.493 e. The van der Waals surface area contributed by atoms with E-state index in [-0.39, 0.29) is 17.7 Å². The molecule has 0 heterocycles. The van der Waals surface area contributed by atoms with Crippen molar-refractivity contribution in [1.29, 1.82) is 0 Å². The van der Waals surface area contributed by atoms with Crippen LogP contribution in [0.25, 0.3) is 0 Å². The number of methoxy groups -OCH3 is 1. The van der Waals surface area contributed by atoms with Crippen LogP contribution in [-0.4, -0.2) is 38.5 Å². The predicted octanol–water partition coefficient (Wildman–Crippen LogP) is 3.75. The van der Waals surface area contributed by atoms with Gasteiger partial charge in [-0.25, -0.2) is 0 Å². The summed E-state index contributed by atoms with van der Waals surface area (Å²) in [5.41, 5.74) is 3.22. The van der Waals surface area contributed by atoms with Crippen LogP contribution in [-0.2, 0) is 22.5 Å². The largest absolute Gasteiger partial charge is 0.493 e. The van der Waals surface area contributed by atoms with Gasteiger partial charge in [-0.05, 0) is 49.9 Å². The molecule has 1 N–H and O–H groups in total. The molecule has 0 atom stereocenters. The average Bonchev–Trinajstić information content (AvgIpc) is 2.72. The van der Waals surface area contributed by atoms with Gasteiger partial charge in [-0.1, -0.05) is 42.4 Å². The Balaban J connectivity index is 2.00. The van der Waals surface area contributed by atoms with Gasteiger partial charge in [-0.3, -0.25) is 4.79 Å². The summed E-state index contributed by atoms with van der Waals surface area (Å²) in [5, 5.41) is 6.82. The fourth-order valence-electron chi connectivity index (χ4n) is 2.84. The van der Waals surface area contributed by atoms with Crippen molar-refractivity contribution in [3.63, 3.8) is 0 Å². The molecule has 29 heavy (non-hydrogen) atoms. The quantitative estimate of drug-likeness (QED) is 0.489. The van der Waals surface area contributed by atoms with Gasteiger partial charge in [0.05, 0.1) is 13.2 Å². The van der Waals surface area contributed by atoms with E-state index in [0.717, 1.165) is 17.5 Å². The van der Waals surface area contributed by atoms with Crippen molar-refractivity contribution in [2.24, 2.45) is 5.16 Å². The van der Waals surface area contributed by atoms with Crippen LogP contribution in [0.1, 0.15) is 37.5 Å². The van der Waals surface area contributed by atoms with E-state index in [0.29, 0.717) is 24.5 Å². The van der Waals surface area contributed by atoms with Crippen LogP contribution >= 0.6 is 0 Å². The van der Waals surface area contributed by atoms with E-state index >= 15 is 0 Å². The van der Waals surface area contributed by atoms with Crippen LogP contribution in [0.4, 0.5) is 0 Å². The highest BCUT2D eigenvalue weighted by Crippen LogP contribution is 2.29. The highest BCUT2D eigenvalue weighted by molar-refractivity contribution is 6.45. The van der Waals surface area contributed by atoms with Crippen molar-refractivity contribution in [3.05, 3.63) is 59.2 Å². The molecule has 6 heteroatoms. The maximum atomic E-state index is 12.6. The number of ether oxygens (including phenoxy) is 2. The number of nitrogens with one attached hydrogen (secondary N) is 1. The zero-order valence-electron chi connectivity index (χ0n) is 17.8. The Kier molecular flexibility index (Phi) is 8.52. The lowest BCUT2D eigenvalue weighted by Gasteiger charge is -2.14. The van der Waals surface area contributed by atoms with E-state index in [1.54, 1.807) is 7.11 Å². The average molecular weight is 399 g/mol. The predicted molar refractivity (Wildman–Crippen MR) is 115 cm³/mol. The third-order valence-corrected chi connectivity index (χ3v) is 4.32. The lowest BCUT2D eigenvalue weighted by atomic mass is 10.1. The van der Waals surface area contributed by atoms with E-state index < -0.39 is 0 Å². The number of amides is 1. The molecule has 0 bridgehead atoms. The lowest BCUT2D eigenvalue weighted by molar-refractivity contribution is -0.114. The summed E-state index contributed by atoms with van der Waals surface area (Å²) < 4.78 is 11.1. The number of carbonyl (C=O) groups is 1. The Bertz CT molecular complexity index is 829. The number of aryl methyl sites for hydroxylation is 1. The SMILES string of the molecule is CCc1ccc(C(=NOC)C(=O)NCCc2ccc(OC(C)C)c(OC)c2)cc1. The van der Waals surface area contributed by atoms with Crippen molar-refractivity contribution < 1.29 is 19.1 Å². The fourth-order valence-corrected chi connectivity index (χ4v) is 2.84. The Morgan fingerprint density at radius 1 is 1.03 bits per heavy atom. The molecule has 0 unspecified atom stereocenters. The molecule has 2 aromatic carbocycles. The minimum absolute atomic E-state index is 0.0684. The molecule has 0 saturated carbocycles. The van der Waals surface area contributed by atoms with Gasteiger partial charge < -0.3 is 19.6 Å². The summed E-state index contributed by atoms with van der Waals surface area (Å²) in [6.45, 7) is 6.49. The van der Waals surface area contributed by atoms with Gasteiger partial charge in [-0.2, -0.15) is 0 Å². The summed E-state index contributed by atoms with van der Waals surface area (Å²) in [7, 11) is 3.05. The molecular formula is C23H30N2O4. The molecule has 0 fully saturated rings. The number of rotatable bonds is 10. The molecule has 2 rings (SSSR count). The first kappa shape index (κ1) is 22.3. The van der Waals surface area contributed by atoms with Gasteiger partial charge in [0.15, 0.2) is 17.2 Å². The van der Waals surface area contributed by atoms with E-state index in [1.165, 1.54) is 12.7 Å². The lowest BCUT2D eigenvalue weighted by Crippen LogP contribution is -2.33. The number of oxime groups is 1. The topological polar surface area (TPSA) is 69.2 Å². The fraction of sp³-hybridized carbons (Fsp3) is 0.391. The molecule has 0 spiro atoms. The van der Waals surface area contributed by atoms with Gasteiger partial charge in [0.2, 0.25) is 0 Å². The Morgan fingerprint density at radius 2 is 1.72 bits per heavy atom. The molecule has 6 nitrogen and oxygen atoms in total. The van der Waals surface area contributed by atoms with Crippen LogP contribution in [0.15, 0.2) is 47.6 Å². The molecule has 0 aromatic heterocycles. The van der Waals surface area contributed by atoms with Gasteiger partial charge in [-0.15, -0.1) is 0 Å². The third-order valence-electron chi connectivity index (χ3n) is 4.32. The summed E-state index contributed by atoms with van der Waals surface area (Å²) >= 11 is 0. The molecule has 1 amide bonds. The molecule has 0 aliphatic carbocycles. The Labute approximate surface area is 172 Å². The van der Waals surface area contributed by atoms with Crippen molar-refractivity contribution in [2.45, 2.75) is 39.7 Å². The molecule has 0 radical (unpaired) electrons. The van der Waals surface area contributed by atoms with Crippen LogP contribution < -0.4 is 14.8 Å². The van der Waals surface area contributed by atoms with Crippen LogP contribution in [0.5, 0.6) is 11.5 Å². The molecule has 0 aliphatic rings. The second-order valence-corrected chi connectivity index (χ2v) is 6.83. The summed E-state index contributed by atoms with van der Waals surface area (Å²) in [6, 6.07) is 13.5. The zero-order valence-corrected chi connectivity index (χ0v) is 17.8. The highest BCUT2D eigenvalue weighted by atomic mass is 16.6. The minimum atomic E-state index is -0.275. The van der Waals surface area contributed by atoms with Gasteiger partial charge in [0, 0.05) is 12.1 Å². The summed E-state index contributed by atoms with van der Waals surface area (Å²) in [5.74, 6) is 1.11. The second kappa shape index (κ2) is 11.1. The van der Waals surface area contributed by atoms with Gasteiger partial charge in [0.25, 0.3) is 5.91 Å². The third kappa shape index (κ3) is 6.52. The van der Waals surface area contributed by atoms with Crippen LogP contribution in [0, 0.1) is 0 Å². The Hall–Kier alpha value is -3.02. The molecule has 156 valence electrons. The zero-order chi connectivity index (χ0) is 21.2. The van der Waals surface area contributed by atoms with Crippen LogP contribution in [0.2, 0.25) is 0 Å². The van der Waals surface area contributed by atoms with Crippen molar-refractivity contribution in [1.82, 2.24) is 5.32 Å². The summed E-state index contributed by atoms with van der Waals surface area (Å²) in [6.07, 6.45) is 1.66. The maximum Gasteiger partial charge on any atom is 0.273 e. The molecular weight excluding hydrogens is 368 g/mol.